The van der Waals surface area contributed by atoms with Gasteiger partial charge in [0.25, 0.3) is 0 Å². The Labute approximate surface area is 163 Å². The van der Waals surface area contributed by atoms with Crippen molar-refractivity contribution in [3.05, 3.63) is 51.2 Å². The van der Waals surface area contributed by atoms with E-state index in [4.69, 9.17) is 11.6 Å². The molecule has 0 saturated carbocycles. The lowest BCUT2D eigenvalue weighted by Gasteiger charge is -2.29. The van der Waals surface area contributed by atoms with E-state index >= 15 is 0 Å². The van der Waals surface area contributed by atoms with Gasteiger partial charge in [0.1, 0.15) is 0 Å². The van der Waals surface area contributed by atoms with Crippen LogP contribution >= 0.6 is 22.9 Å². The number of thiophene rings is 1. The lowest BCUT2D eigenvalue weighted by molar-refractivity contribution is -0.132. The van der Waals surface area contributed by atoms with Gasteiger partial charge in [0.2, 0.25) is 15.9 Å². The quantitative estimate of drug-likeness (QED) is 0.730. The van der Waals surface area contributed by atoms with Crippen molar-refractivity contribution in [3.63, 3.8) is 0 Å². The third kappa shape index (κ3) is 4.11. The summed E-state index contributed by atoms with van der Waals surface area (Å²) in [6.45, 7) is 3.24. The summed E-state index contributed by atoms with van der Waals surface area (Å²) in [5.41, 5.74) is 1.16. The van der Waals surface area contributed by atoms with Crippen LogP contribution in [0.4, 0.5) is 0 Å². The van der Waals surface area contributed by atoms with Crippen LogP contribution in [-0.2, 0) is 27.8 Å². The van der Waals surface area contributed by atoms with Crippen molar-refractivity contribution >= 4 is 38.9 Å². The number of hydrogen-bond donors (Lipinski definition) is 0. The summed E-state index contributed by atoms with van der Waals surface area (Å²) in [6, 6.07) is 8.08. The summed E-state index contributed by atoms with van der Waals surface area (Å²) in [5.74, 6) is -0.159. The molecule has 0 fully saturated rings. The molecule has 0 atom stereocenters. The Bertz CT molecular complexity index is 878. The van der Waals surface area contributed by atoms with E-state index < -0.39 is 10.0 Å². The number of carbonyl (C=O) groups is 1. The average molecular weight is 413 g/mol. The Balaban J connectivity index is 1.76. The monoisotopic (exact) mass is 412 g/mol. The molecule has 3 rings (SSSR count). The number of carbonyl (C=O) groups excluding carboxylic acids is 1. The van der Waals surface area contributed by atoms with Crippen LogP contribution < -0.4 is 0 Å². The summed E-state index contributed by atoms with van der Waals surface area (Å²) in [6.07, 6.45) is 1.46. The molecule has 1 amide bonds. The van der Waals surface area contributed by atoms with Gasteiger partial charge in [-0.1, -0.05) is 18.5 Å². The van der Waals surface area contributed by atoms with Gasteiger partial charge in [-0.25, -0.2) is 8.42 Å². The van der Waals surface area contributed by atoms with E-state index in [1.165, 1.54) is 21.3 Å². The van der Waals surface area contributed by atoms with Crippen LogP contribution in [0, 0.1) is 0 Å². The zero-order chi connectivity index (χ0) is 18.7. The number of hydrogen-bond acceptors (Lipinski definition) is 4. The molecule has 2 aromatic rings. The first kappa shape index (κ1) is 19.4. The molecule has 1 aromatic carbocycles. The van der Waals surface area contributed by atoms with Crippen molar-refractivity contribution in [2.75, 3.05) is 19.6 Å². The molecule has 8 heteroatoms. The normalized spacial score (nSPS) is 14.5. The number of fused-ring (bicyclic) bond motifs is 1. The van der Waals surface area contributed by atoms with Gasteiger partial charge < -0.3 is 4.90 Å². The van der Waals surface area contributed by atoms with Gasteiger partial charge in [-0.05, 0) is 54.1 Å². The number of rotatable bonds is 6. The maximum absolute atomic E-state index is 12.9. The van der Waals surface area contributed by atoms with Crippen LogP contribution in [-0.4, -0.2) is 43.2 Å². The highest BCUT2D eigenvalue weighted by Gasteiger charge is 2.29. The van der Waals surface area contributed by atoms with E-state index in [-0.39, 0.29) is 17.3 Å². The number of benzene rings is 1. The molecule has 0 bridgehead atoms. The first-order valence-electron chi connectivity index (χ1n) is 8.50. The van der Waals surface area contributed by atoms with E-state index in [2.05, 4.69) is 0 Å². The predicted octanol–water partition coefficient (Wildman–Crippen LogP) is 3.39. The molecule has 1 aliphatic heterocycles. The molecule has 0 saturated heterocycles. The first-order chi connectivity index (χ1) is 12.4. The van der Waals surface area contributed by atoms with Crippen LogP contribution in [0.1, 0.15) is 23.8 Å². The fourth-order valence-corrected chi connectivity index (χ4v) is 5.50. The summed E-state index contributed by atoms with van der Waals surface area (Å²) in [7, 11) is -3.73. The highest BCUT2D eigenvalue weighted by atomic mass is 35.5. The Morgan fingerprint density at radius 3 is 2.69 bits per heavy atom. The minimum absolute atomic E-state index is 0.141. The standard InChI is InChI=1S/C18H21ClN2O3S2/c1-2-9-21(26(23,24)16-5-3-15(19)4-6-16)13-18(22)20-10-7-17-14(12-20)8-11-25-17/h3-6,8,11H,2,7,9-10,12-13H2,1H3. The predicted molar refractivity (Wildman–Crippen MR) is 104 cm³/mol. The van der Waals surface area contributed by atoms with E-state index in [1.807, 2.05) is 18.4 Å². The lowest BCUT2D eigenvalue weighted by atomic mass is 10.1. The molecule has 2 heterocycles. The van der Waals surface area contributed by atoms with Gasteiger partial charge in [-0.3, -0.25) is 4.79 Å². The number of halogens is 1. The maximum Gasteiger partial charge on any atom is 0.243 e. The van der Waals surface area contributed by atoms with E-state index in [0.717, 1.165) is 12.0 Å². The summed E-state index contributed by atoms with van der Waals surface area (Å²) in [4.78, 5) is 16.0. The Kier molecular flexibility index (Phi) is 6.02. The molecule has 140 valence electrons. The molecule has 26 heavy (non-hydrogen) atoms. The van der Waals surface area contributed by atoms with Crippen molar-refractivity contribution in [2.24, 2.45) is 0 Å². The fraction of sp³-hybridized carbons (Fsp3) is 0.389. The van der Waals surface area contributed by atoms with Crippen molar-refractivity contribution in [1.82, 2.24) is 9.21 Å². The molecule has 0 radical (unpaired) electrons. The van der Waals surface area contributed by atoms with Crippen LogP contribution in [0.25, 0.3) is 0 Å². The van der Waals surface area contributed by atoms with Gasteiger partial charge in [0, 0.05) is 29.5 Å². The Morgan fingerprint density at radius 1 is 1.27 bits per heavy atom. The van der Waals surface area contributed by atoms with Crippen molar-refractivity contribution in [2.45, 2.75) is 31.2 Å². The molecule has 1 aromatic heterocycles. The SMILES string of the molecule is CCCN(CC(=O)N1CCc2sccc2C1)S(=O)(=O)c1ccc(Cl)cc1. The molecule has 1 aliphatic rings. The largest absolute Gasteiger partial charge is 0.337 e. The number of amides is 1. The molecule has 0 spiro atoms. The van der Waals surface area contributed by atoms with Crippen LogP contribution in [0.3, 0.4) is 0 Å². The number of nitrogens with zero attached hydrogens (tertiary/aromatic N) is 2. The molecular formula is C18H21ClN2O3S2. The Morgan fingerprint density at radius 2 is 2.00 bits per heavy atom. The second kappa shape index (κ2) is 8.08. The van der Waals surface area contributed by atoms with Crippen molar-refractivity contribution < 1.29 is 13.2 Å². The maximum atomic E-state index is 12.9. The molecule has 0 unspecified atom stereocenters. The van der Waals surface area contributed by atoms with E-state index in [0.29, 0.717) is 31.1 Å². The first-order valence-corrected chi connectivity index (χ1v) is 11.2. The van der Waals surface area contributed by atoms with Gasteiger partial charge in [0.15, 0.2) is 0 Å². The molecule has 0 aliphatic carbocycles. The third-order valence-corrected chi connectivity index (χ3v) is 7.53. The van der Waals surface area contributed by atoms with Crippen LogP contribution in [0.2, 0.25) is 5.02 Å². The minimum atomic E-state index is -3.73. The summed E-state index contributed by atoms with van der Waals surface area (Å²) < 4.78 is 27.1. The van der Waals surface area contributed by atoms with E-state index in [9.17, 15) is 13.2 Å². The zero-order valence-electron chi connectivity index (χ0n) is 14.5. The fourth-order valence-electron chi connectivity index (χ4n) is 3.00. The second-order valence-corrected chi connectivity index (χ2v) is 9.60. The van der Waals surface area contributed by atoms with Gasteiger partial charge >= 0.3 is 0 Å². The summed E-state index contributed by atoms with van der Waals surface area (Å²) in [5, 5.41) is 2.51. The molecule has 5 nitrogen and oxygen atoms in total. The smallest absolute Gasteiger partial charge is 0.243 e. The van der Waals surface area contributed by atoms with Crippen molar-refractivity contribution in [1.29, 1.82) is 0 Å². The average Bonchev–Trinajstić information content (AvgIpc) is 3.09. The minimum Gasteiger partial charge on any atom is -0.337 e. The summed E-state index contributed by atoms with van der Waals surface area (Å²) >= 11 is 7.56. The third-order valence-electron chi connectivity index (χ3n) is 4.40. The van der Waals surface area contributed by atoms with Crippen LogP contribution in [0.5, 0.6) is 0 Å². The zero-order valence-corrected chi connectivity index (χ0v) is 16.9. The second-order valence-electron chi connectivity index (χ2n) is 6.23. The van der Waals surface area contributed by atoms with Crippen LogP contribution in [0.15, 0.2) is 40.6 Å². The van der Waals surface area contributed by atoms with Gasteiger partial charge in [-0.2, -0.15) is 4.31 Å². The molecule has 0 N–H and O–H groups in total. The van der Waals surface area contributed by atoms with E-state index in [1.54, 1.807) is 28.4 Å². The lowest BCUT2D eigenvalue weighted by Crippen LogP contribution is -2.44. The highest BCUT2D eigenvalue weighted by molar-refractivity contribution is 7.89. The van der Waals surface area contributed by atoms with Crippen molar-refractivity contribution in [3.8, 4) is 0 Å². The topological polar surface area (TPSA) is 57.7 Å². The van der Waals surface area contributed by atoms with Gasteiger partial charge in [-0.15, -0.1) is 11.3 Å². The number of sulfonamides is 1. The van der Waals surface area contributed by atoms with Gasteiger partial charge in [0.05, 0.1) is 11.4 Å². The molecular weight excluding hydrogens is 392 g/mol. The Hall–Kier alpha value is -1.41. The highest BCUT2D eigenvalue weighted by Crippen LogP contribution is 2.25.